The summed E-state index contributed by atoms with van der Waals surface area (Å²) in [6.07, 6.45) is 0. The molecule has 2 aliphatic heterocycles. The quantitative estimate of drug-likeness (QED) is 0.319. The van der Waals surface area contributed by atoms with Gasteiger partial charge in [-0.15, -0.1) is 0 Å². The van der Waals surface area contributed by atoms with Crippen LogP contribution < -0.4 is 0 Å². The molecule has 0 saturated carbocycles. The summed E-state index contributed by atoms with van der Waals surface area (Å²) in [5.41, 5.74) is 1.17. The Kier molecular flexibility index (Phi) is 4.24. The first-order valence-electron chi connectivity index (χ1n) is 10.3. The Morgan fingerprint density at radius 2 is 0.688 bits per heavy atom. The van der Waals surface area contributed by atoms with Crippen LogP contribution in [0.1, 0.15) is 22.3 Å². The molecule has 4 aromatic carbocycles. The minimum absolute atomic E-state index is 0.893. The van der Waals surface area contributed by atoms with Crippen molar-refractivity contribution in [2.45, 2.75) is 30.4 Å². The van der Waals surface area contributed by atoms with Crippen molar-refractivity contribution in [3.05, 3.63) is 119 Å². The fourth-order valence-electron chi connectivity index (χ4n) is 5.21. The second-order valence-corrected chi connectivity index (χ2v) is 10.1. The molecule has 0 spiro atoms. The van der Waals surface area contributed by atoms with Crippen molar-refractivity contribution in [1.29, 1.82) is 10.5 Å². The van der Waals surface area contributed by atoms with E-state index in [-0.39, 0.29) is 0 Å². The van der Waals surface area contributed by atoms with Crippen LogP contribution in [0.3, 0.4) is 0 Å². The molecule has 2 nitrogen and oxygen atoms in total. The lowest BCUT2D eigenvalue weighted by Gasteiger charge is -2.48. The zero-order valence-electron chi connectivity index (χ0n) is 16.9. The van der Waals surface area contributed by atoms with Gasteiger partial charge in [-0.2, -0.15) is 10.5 Å². The third-order valence-electron chi connectivity index (χ3n) is 6.50. The molecular formula is C28H16N2S2. The van der Waals surface area contributed by atoms with Crippen molar-refractivity contribution < 1.29 is 0 Å². The number of nitrogens with zero attached hydrogens (tertiary/aromatic N) is 2. The maximum absolute atomic E-state index is 11.1. The van der Waals surface area contributed by atoms with Crippen LogP contribution in [0.15, 0.2) is 117 Å². The van der Waals surface area contributed by atoms with Gasteiger partial charge < -0.3 is 0 Å². The molecule has 150 valence electrons. The van der Waals surface area contributed by atoms with Crippen LogP contribution in [0.25, 0.3) is 0 Å². The van der Waals surface area contributed by atoms with Gasteiger partial charge in [-0.05, 0) is 46.5 Å². The van der Waals surface area contributed by atoms with Gasteiger partial charge in [-0.3, -0.25) is 0 Å². The lowest BCUT2D eigenvalue weighted by atomic mass is 9.52. The number of hydrogen-bond donors (Lipinski definition) is 0. The third-order valence-corrected chi connectivity index (χ3v) is 8.81. The summed E-state index contributed by atoms with van der Waals surface area (Å²) in [7, 11) is 0. The Labute approximate surface area is 195 Å². The molecule has 2 heterocycles. The van der Waals surface area contributed by atoms with Crippen molar-refractivity contribution in [3.63, 3.8) is 0 Å². The van der Waals surface area contributed by atoms with Crippen LogP contribution in [-0.4, -0.2) is 0 Å². The summed E-state index contributed by atoms with van der Waals surface area (Å²) >= 11 is 3.34. The highest BCUT2D eigenvalue weighted by Gasteiger charge is 2.62. The molecule has 4 aromatic rings. The standard InChI is InChI=1S/C28H16N2S2/c29-17-27(19-9-1-5-13-23(19)31-24-14-6-2-10-20(24)27)28(18-30)21-11-3-7-15-25(21)32-26-16-8-4-12-22(26)28/h1-16H. The van der Waals surface area contributed by atoms with E-state index in [0.717, 1.165) is 41.8 Å². The van der Waals surface area contributed by atoms with Gasteiger partial charge in [0.1, 0.15) is 10.8 Å². The van der Waals surface area contributed by atoms with E-state index in [1.54, 1.807) is 23.5 Å². The van der Waals surface area contributed by atoms with Crippen molar-refractivity contribution >= 4 is 23.5 Å². The largest absolute Gasteiger partial charge is 0.197 e. The molecule has 6 rings (SSSR count). The van der Waals surface area contributed by atoms with Gasteiger partial charge in [-0.25, -0.2) is 0 Å². The molecule has 4 heteroatoms. The number of hydrogen-bond acceptors (Lipinski definition) is 4. The zero-order valence-corrected chi connectivity index (χ0v) is 18.6. The molecule has 0 bridgehead atoms. The topological polar surface area (TPSA) is 47.6 Å². The van der Waals surface area contributed by atoms with Crippen molar-refractivity contribution in [2.75, 3.05) is 0 Å². The monoisotopic (exact) mass is 444 g/mol. The van der Waals surface area contributed by atoms with Crippen LogP contribution >= 0.6 is 23.5 Å². The van der Waals surface area contributed by atoms with Gasteiger partial charge in [-0.1, -0.05) is 96.3 Å². The molecule has 0 aromatic heterocycles. The summed E-state index contributed by atoms with van der Waals surface area (Å²) in [5.74, 6) is 0. The highest BCUT2D eigenvalue weighted by atomic mass is 32.2. The van der Waals surface area contributed by atoms with Gasteiger partial charge in [0.05, 0.1) is 12.1 Å². The fourth-order valence-corrected chi connectivity index (χ4v) is 7.59. The van der Waals surface area contributed by atoms with E-state index in [4.69, 9.17) is 0 Å². The third kappa shape index (κ3) is 2.26. The van der Waals surface area contributed by atoms with Crippen molar-refractivity contribution in [1.82, 2.24) is 0 Å². The first-order valence-corrected chi connectivity index (χ1v) is 12.0. The molecule has 0 aliphatic carbocycles. The maximum Gasteiger partial charge on any atom is 0.136 e. The van der Waals surface area contributed by atoms with Gasteiger partial charge >= 0.3 is 0 Å². The Morgan fingerprint density at radius 1 is 0.438 bits per heavy atom. The lowest BCUT2D eigenvalue weighted by molar-refractivity contribution is 0.439. The van der Waals surface area contributed by atoms with Crippen LogP contribution in [0.5, 0.6) is 0 Å². The summed E-state index contributed by atoms with van der Waals surface area (Å²) in [6, 6.07) is 37.7. The summed E-state index contributed by atoms with van der Waals surface area (Å²) in [4.78, 5) is 4.09. The Hall–Kier alpha value is -3.44. The second kappa shape index (κ2) is 7.04. The van der Waals surface area contributed by atoms with Crippen molar-refractivity contribution in [2.24, 2.45) is 0 Å². The molecule has 0 atom stereocenters. The first-order chi connectivity index (χ1) is 15.8. The molecule has 0 unspecified atom stereocenters. The average Bonchev–Trinajstić information content (AvgIpc) is 2.86. The Morgan fingerprint density at radius 3 is 0.938 bits per heavy atom. The van der Waals surface area contributed by atoms with E-state index in [2.05, 4.69) is 36.4 Å². The second-order valence-electron chi connectivity index (χ2n) is 7.91. The Balaban J connectivity index is 1.85. The number of nitriles is 2. The van der Waals surface area contributed by atoms with Gasteiger partial charge in [0.15, 0.2) is 0 Å². The average molecular weight is 445 g/mol. The molecule has 0 amide bonds. The van der Waals surface area contributed by atoms with E-state index in [0.29, 0.717) is 0 Å². The Bertz CT molecular complexity index is 1270. The highest BCUT2D eigenvalue weighted by molar-refractivity contribution is 7.99. The number of fused-ring (bicyclic) bond motifs is 4. The van der Waals surface area contributed by atoms with Crippen LogP contribution in [0, 0.1) is 22.7 Å². The first kappa shape index (κ1) is 19.3. The minimum Gasteiger partial charge on any atom is -0.197 e. The lowest BCUT2D eigenvalue weighted by Crippen LogP contribution is -2.52. The van der Waals surface area contributed by atoms with E-state index in [9.17, 15) is 10.5 Å². The molecule has 2 aliphatic rings. The minimum atomic E-state index is -1.20. The highest BCUT2D eigenvalue weighted by Crippen LogP contribution is 2.63. The SMILES string of the molecule is N#CC1(C2(C#N)c3ccccc3Sc3ccccc32)c2ccccc2Sc2ccccc21. The molecule has 0 N–H and O–H groups in total. The molecule has 0 radical (unpaired) electrons. The van der Waals surface area contributed by atoms with Gasteiger partial charge in [0.25, 0.3) is 0 Å². The molecule has 0 fully saturated rings. The summed E-state index contributed by atoms with van der Waals surface area (Å²) in [5, 5.41) is 22.2. The smallest absolute Gasteiger partial charge is 0.136 e. The fraction of sp³-hybridized carbons (Fsp3) is 0.0714. The molecule has 32 heavy (non-hydrogen) atoms. The van der Waals surface area contributed by atoms with E-state index >= 15 is 0 Å². The van der Waals surface area contributed by atoms with E-state index in [1.807, 2.05) is 72.8 Å². The number of rotatable bonds is 1. The zero-order chi connectivity index (χ0) is 21.8. The molecule has 0 saturated heterocycles. The van der Waals surface area contributed by atoms with Crippen LogP contribution in [0.2, 0.25) is 0 Å². The van der Waals surface area contributed by atoms with E-state index in [1.165, 1.54) is 0 Å². The van der Waals surface area contributed by atoms with Crippen LogP contribution in [0.4, 0.5) is 0 Å². The van der Waals surface area contributed by atoms with Gasteiger partial charge in [0, 0.05) is 19.6 Å². The van der Waals surface area contributed by atoms with Gasteiger partial charge in [0.2, 0.25) is 0 Å². The predicted molar refractivity (Wildman–Crippen MR) is 127 cm³/mol. The van der Waals surface area contributed by atoms with E-state index < -0.39 is 10.8 Å². The normalized spacial score (nSPS) is 16.3. The van der Waals surface area contributed by atoms with Crippen molar-refractivity contribution in [3.8, 4) is 12.1 Å². The predicted octanol–water partition coefficient (Wildman–Crippen LogP) is 6.94. The summed E-state index contributed by atoms with van der Waals surface area (Å²) in [6.45, 7) is 0. The summed E-state index contributed by atoms with van der Waals surface area (Å²) < 4.78 is 0. The van der Waals surface area contributed by atoms with Crippen LogP contribution in [-0.2, 0) is 10.8 Å². The number of benzene rings is 4. The molecular weight excluding hydrogens is 428 g/mol. The maximum atomic E-state index is 11.1.